The fourth-order valence-corrected chi connectivity index (χ4v) is 4.06. The Hall–Kier alpha value is -0.940. The van der Waals surface area contributed by atoms with E-state index in [0.717, 1.165) is 24.4 Å². The van der Waals surface area contributed by atoms with Crippen LogP contribution in [0.25, 0.3) is 0 Å². The zero-order valence-electron chi connectivity index (χ0n) is 11.6. The molecular weight excluding hydrogens is 258 g/mol. The average Bonchev–Trinajstić information content (AvgIpc) is 3.07. The Labute approximate surface area is 118 Å². The van der Waals surface area contributed by atoms with E-state index in [1.165, 1.54) is 19.4 Å². The van der Waals surface area contributed by atoms with Gasteiger partial charge in [0.05, 0.1) is 5.01 Å². The van der Waals surface area contributed by atoms with Crippen molar-refractivity contribution in [3.05, 3.63) is 16.1 Å². The quantitative estimate of drug-likeness (QED) is 0.832. The Morgan fingerprint density at radius 2 is 2.05 bits per heavy atom. The third kappa shape index (κ3) is 2.41. The van der Waals surface area contributed by atoms with Crippen molar-refractivity contribution in [1.29, 1.82) is 0 Å². The van der Waals surface area contributed by atoms with E-state index in [2.05, 4.69) is 21.8 Å². The first kappa shape index (κ1) is 13.1. The molecule has 0 saturated carbocycles. The van der Waals surface area contributed by atoms with Crippen LogP contribution in [0.15, 0.2) is 5.38 Å². The number of carbonyl (C=O) groups excluding carboxylic acids is 1. The van der Waals surface area contributed by atoms with Crippen LogP contribution in [0.4, 0.5) is 0 Å². The number of thiazole rings is 1. The number of likely N-dealkylation sites (N-methyl/N-ethyl adjacent to an activating group) is 1. The molecule has 2 atom stereocenters. The summed E-state index contributed by atoms with van der Waals surface area (Å²) in [4.78, 5) is 21.4. The van der Waals surface area contributed by atoms with Crippen molar-refractivity contribution in [2.45, 2.75) is 44.7 Å². The standard InChI is InChI=1S/C14H21N3OS/c1-10-15-11(9-19-10)14(18)17-8-4-6-13(17)12-5-3-7-16(12)2/h9,12-13H,3-8H2,1-2H3/t12-,13-/m0/s1. The third-order valence-corrected chi connectivity index (χ3v) is 5.19. The topological polar surface area (TPSA) is 36.4 Å². The van der Waals surface area contributed by atoms with Crippen LogP contribution in [0.5, 0.6) is 0 Å². The van der Waals surface area contributed by atoms with Crippen molar-refractivity contribution >= 4 is 17.2 Å². The second-order valence-electron chi connectivity index (χ2n) is 5.65. The van der Waals surface area contributed by atoms with Crippen LogP contribution in [-0.2, 0) is 0 Å². The number of hydrogen-bond donors (Lipinski definition) is 0. The van der Waals surface area contributed by atoms with Crippen LogP contribution in [0, 0.1) is 6.92 Å². The molecule has 1 amide bonds. The molecule has 4 nitrogen and oxygen atoms in total. The molecule has 0 N–H and O–H groups in total. The number of hydrogen-bond acceptors (Lipinski definition) is 4. The summed E-state index contributed by atoms with van der Waals surface area (Å²) in [5, 5.41) is 2.86. The van der Waals surface area contributed by atoms with Gasteiger partial charge in [0.2, 0.25) is 0 Å². The summed E-state index contributed by atoms with van der Waals surface area (Å²) in [6.07, 6.45) is 4.75. The number of aromatic nitrogens is 1. The Kier molecular flexibility index (Phi) is 3.58. The highest BCUT2D eigenvalue weighted by Gasteiger charge is 2.39. The van der Waals surface area contributed by atoms with Gasteiger partial charge in [-0.15, -0.1) is 11.3 Å². The summed E-state index contributed by atoms with van der Waals surface area (Å²) in [5.74, 6) is 0.132. The first-order chi connectivity index (χ1) is 9.16. The fourth-order valence-electron chi connectivity index (χ4n) is 3.48. The molecular formula is C14H21N3OS. The van der Waals surface area contributed by atoms with E-state index in [1.807, 2.05) is 12.3 Å². The number of carbonyl (C=O) groups is 1. The first-order valence-corrected chi connectivity index (χ1v) is 7.98. The Bertz CT molecular complexity index is 473. The molecule has 0 unspecified atom stereocenters. The zero-order valence-corrected chi connectivity index (χ0v) is 12.4. The predicted octanol–water partition coefficient (Wildman–Crippen LogP) is 2.15. The van der Waals surface area contributed by atoms with Gasteiger partial charge in [-0.3, -0.25) is 4.79 Å². The minimum absolute atomic E-state index is 0.132. The lowest BCUT2D eigenvalue weighted by Crippen LogP contribution is -2.47. The monoisotopic (exact) mass is 279 g/mol. The highest BCUT2D eigenvalue weighted by atomic mass is 32.1. The molecule has 5 heteroatoms. The van der Waals surface area contributed by atoms with Crippen LogP contribution >= 0.6 is 11.3 Å². The van der Waals surface area contributed by atoms with E-state index < -0.39 is 0 Å². The van der Waals surface area contributed by atoms with Crippen LogP contribution in [0.1, 0.15) is 41.2 Å². The molecule has 3 rings (SSSR count). The number of rotatable bonds is 2. The van der Waals surface area contributed by atoms with Crippen molar-refractivity contribution < 1.29 is 4.79 Å². The molecule has 2 aliphatic heterocycles. The van der Waals surface area contributed by atoms with Gasteiger partial charge < -0.3 is 9.80 Å². The maximum absolute atomic E-state index is 12.6. The van der Waals surface area contributed by atoms with E-state index >= 15 is 0 Å². The molecule has 2 aliphatic rings. The van der Waals surface area contributed by atoms with Crippen molar-refractivity contribution in [3.8, 4) is 0 Å². The van der Waals surface area contributed by atoms with Crippen molar-refractivity contribution in [3.63, 3.8) is 0 Å². The van der Waals surface area contributed by atoms with Crippen molar-refractivity contribution in [2.24, 2.45) is 0 Å². The summed E-state index contributed by atoms with van der Waals surface area (Å²) in [7, 11) is 2.19. The van der Waals surface area contributed by atoms with Gasteiger partial charge in [0.25, 0.3) is 5.91 Å². The van der Waals surface area contributed by atoms with Crippen LogP contribution in [-0.4, -0.2) is 52.9 Å². The van der Waals surface area contributed by atoms with Gasteiger partial charge in [0.1, 0.15) is 5.69 Å². The Balaban J connectivity index is 1.77. The van der Waals surface area contributed by atoms with E-state index in [4.69, 9.17) is 0 Å². The summed E-state index contributed by atoms with van der Waals surface area (Å²) in [6, 6.07) is 0.938. The molecule has 2 fully saturated rings. The maximum Gasteiger partial charge on any atom is 0.273 e. The van der Waals surface area contributed by atoms with E-state index in [0.29, 0.717) is 17.8 Å². The van der Waals surface area contributed by atoms with Gasteiger partial charge in [-0.25, -0.2) is 4.98 Å². The molecule has 3 heterocycles. The fraction of sp³-hybridized carbons (Fsp3) is 0.714. The lowest BCUT2D eigenvalue weighted by molar-refractivity contribution is 0.0659. The molecule has 0 radical (unpaired) electrons. The van der Waals surface area contributed by atoms with E-state index in [9.17, 15) is 4.79 Å². The molecule has 1 aromatic rings. The average molecular weight is 279 g/mol. The summed E-state index contributed by atoms with van der Waals surface area (Å²) in [5.41, 5.74) is 0.634. The largest absolute Gasteiger partial charge is 0.333 e. The smallest absolute Gasteiger partial charge is 0.273 e. The number of amides is 1. The molecule has 0 aliphatic carbocycles. The SMILES string of the molecule is Cc1nc(C(=O)N2CCC[C@H]2[C@@H]2CCCN2C)cs1. The third-order valence-electron chi connectivity index (χ3n) is 4.42. The number of likely N-dealkylation sites (tertiary alicyclic amines) is 2. The highest BCUT2D eigenvalue weighted by Crippen LogP contribution is 2.30. The second kappa shape index (κ2) is 5.21. The summed E-state index contributed by atoms with van der Waals surface area (Å²) in [6.45, 7) is 4.01. The molecule has 0 aromatic carbocycles. The lowest BCUT2D eigenvalue weighted by Gasteiger charge is -2.32. The van der Waals surface area contributed by atoms with Crippen LogP contribution < -0.4 is 0 Å². The van der Waals surface area contributed by atoms with Gasteiger partial charge in [0, 0.05) is 24.0 Å². The minimum atomic E-state index is 0.132. The second-order valence-corrected chi connectivity index (χ2v) is 6.71. The van der Waals surface area contributed by atoms with E-state index in [-0.39, 0.29) is 5.91 Å². The maximum atomic E-state index is 12.6. The Morgan fingerprint density at radius 3 is 2.68 bits per heavy atom. The van der Waals surface area contributed by atoms with Crippen molar-refractivity contribution in [1.82, 2.24) is 14.8 Å². The van der Waals surface area contributed by atoms with Gasteiger partial charge in [-0.2, -0.15) is 0 Å². The molecule has 1 aromatic heterocycles. The Morgan fingerprint density at radius 1 is 1.32 bits per heavy atom. The zero-order chi connectivity index (χ0) is 13.4. The summed E-state index contributed by atoms with van der Waals surface area (Å²) >= 11 is 1.56. The van der Waals surface area contributed by atoms with Gasteiger partial charge in [-0.1, -0.05) is 0 Å². The normalized spacial score (nSPS) is 28.2. The number of nitrogens with zero attached hydrogens (tertiary/aromatic N) is 3. The molecule has 104 valence electrons. The molecule has 2 saturated heterocycles. The van der Waals surface area contributed by atoms with Gasteiger partial charge in [-0.05, 0) is 46.2 Å². The van der Waals surface area contributed by atoms with Crippen molar-refractivity contribution in [2.75, 3.05) is 20.1 Å². The summed E-state index contributed by atoms with van der Waals surface area (Å²) < 4.78 is 0. The van der Waals surface area contributed by atoms with Crippen LogP contribution in [0.3, 0.4) is 0 Å². The van der Waals surface area contributed by atoms with Gasteiger partial charge in [0.15, 0.2) is 0 Å². The number of aryl methyl sites for hydroxylation is 1. The highest BCUT2D eigenvalue weighted by molar-refractivity contribution is 7.09. The predicted molar refractivity (Wildman–Crippen MR) is 76.6 cm³/mol. The van der Waals surface area contributed by atoms with E-state index in [1.54, 1.807) is 11.3 Å². The molecule has 0 bridgehead atoms. The minimum Gasteiger partial charge on any atom is -0.333 e. The van der Waals surface area contributed by atoms with Gasteiger partial charge >= 0.3 is 0 Å². The van der Waals surface area contributed by atoms with Crippen LogP contribution in [0.2, 0.25) is 0 Å². The lowest BCUT2D eigenvalue weighted by atomic mass is 10.0. The molecule has 19 heavy (non-hydrogen) atoms. The first-order valence-electron chi connectivity index (χ1n) is 7.10. The molecule has 0 spiro atoms.